The third kappa shape index (κ3) is 61.0. The molecule has 0 fully saturated rings. The zero-order valence-corrected chi connectivity index (χ0v) is 48.6. The molecule has 0 spiro atoms. The van der Waals surface area contributed by atoms with Crippen molar-refractivity contribution in [2.75, 3.05) is 13.2 Å². The van der Waals surface area contributed by atoms with E-state index in [-0.39, 0.29) is 38.0 Å². The van der Waals surface area contributed by atoms with E-state index in [1.165, 1.54) is 0 Å². The highest BCUT2D eigenvalue weighted by molar-refractivity contribution is 5.71. The third-order valence-corrected chi connectivity index (χ3v) is 11.6. The predicted molar refractivity (Wildman–Crippen MR) is 334 cm³/mol. The maximum Gasteiger partial charge on any atom is 0.306 e. The van der Waals surface area contributed by atoms with Crippen molar-refractivity contribution in [1.29, 1.82) is 0 Å². The highest BCUT2D eigenvalue weighted by Gasteiger charge is 2.19. The molecule has 0 saturated heterocycles. The first kappa shape index (κ1) is 71.2. The van der Waals surface area contributed by atoms with Crippen molar-refractivity contribution in [3.8, 4) is 0 Å². The molecule has 0 aliphatic rings. The molecule has 6 nitrogen and oxygen atoms in total. The van der Waals surface area contributed by atoms with Crippen LogP contribution in [0.15, 0.2) is 194 Å². The highest BCUT2D eigenvalue weighted by atomic mass is 16.6. The van der Waals surface area contributed by atoms with Gasteiger partial charge in [-0.25, -0.2) is 0 Å². The molecule has 0 aromatic carbocycles. The lowest BCUT2D eigenvalue weighted by atomic mass is 10.1. The molecule has 6 heteroatoms. The zero-order chi connectivity index (χ0) is 55.7. The molecular weight excluding hydrogens is 949 g/mol. The van der Waals surface area contributed by atoms with Gasteiger partial charge >= 0.3 is 17.9 Å². The summed E-state index contributed by atoms with van der Waals surface area (Å²) in [6.07, 6.45) is 95.8. The van der Waals surface area contributed by atoms with Crippen LogP contribution in [0.25, 0.3) is 0 Å². The van der Waals surface area contributed by atoms with Crippen LogP contribution < -0.4 is 0 Å². The van der Waals surface area contributed by atoms with Gasteiger partial charge in [-0.1, -0.05) is 241 Å². The van der Waals surface area contributed by atoms with E-state index in [0.29, 0.717) is 12.8 Å². The van der Waals surface area contributed by atoms with Crippen LogP contribution in [0, 0.1) is 0 Å². The second-order valence-electron chi connectivity index (χ2n) is 18.8. The fourth-order valence-corrected chi connectivity index (χ4v) is 7.23. The number of unbranched alkanes of at least 4 members (excludes halogenated alkanes) is 8. The summed E-state index contributed by atoms with van der Waals surface area (Å²) in [5, 5.41) is 0. The Morgan fingerprint density at radius 1 is 0.260 bits per heavy atom. The topological polar surface area (TPSA) is 78.9 Å². The van der Waals surface area contributed by atoms with E-state index in [0.717, 1.165) is 167 Å². The Kier molecular flexibility index (Phi) is 58.1. The van der Waals surface area contributed by atoms with Crippen molar-refractivity contribution >= 4 is 17.9 Å². The van der Waals surface area contributed by atoms with Gasteiger partial charge in [-0.05, 0) is 148 Å². The molecule has 1 unspecified atom stereocenters. The van der Waals surface area contributed by atoms with Crippen LogP contribution in [0.2, 0.25) is 0 Å². The summed E-state index contributed by atoms with van der Waals surface area (Å²) in [5.41, 5.74) is 0. The minimum Gasteiger partial charge on any atom is -0.462 e. The third-order valence-electron chi connectivity index (χ3n) is 11.6. The molecule has 0 aliphatic heterocycles. The van der Waals surface area contributed by atoms with Gasteiger partial charge in [-0.2, -0.15) is 0 Å². The van der Waals surface area contributed by atoms with Crippen LogP contribution >= 0.6 is 0 Å². The fourth-order valence-electron chi connectivity index (χ4n) is 7.23. The fraction of sp³-hybridized carbons (Fsp3) is 0.507. The zero-order valence-electron chi connectivity index (χ0n) is 48.6. The van der Waals surface area contributed by atoms with Gasteiger partial charge < -0.3 is 14.2 Å². The monoisotopic (exact) mass is 1050 g/mol. The summed E-state index contributed by atoms with van der Waals surface area (Å²) in [7, 11) is 0. The molecule has 0 radical (unpaired) electrons. The van der Waals surface area contributed by atoms with E-state index in [4.69, 9.17) is 14.2 Å². The number of carbonyl (C=O) groups is 3. The van der Waals surface area contributed by atoms with Crippen LogP contribution in [0.3, 0.4) is 0 Å². The lowest BCUT2D eigenvalue weighted by Gasteiger charge is -2.18. The summed E-state index contributed by atoms with van der Waals surface area (Å²) in [4.78, 5) is 38.2. The van der Waals surface area contributed by atoms with Gasteiger partial charge in [0.2, 0.25) is 0 Å². The molecule has 0 bridgehead atoms. The maximum atomic E-state index is 12.9. The summed E-state index contributed by atoms with van der Waals surface area (Å²) in [5.74, 6) is -1.09. The van der Waals surface area contributed by atoms with E-state index >= 15 is 0 Å². The average Bonchev–Trinajstić information content (AvgIpc) is 3.43. The number of hydrogen-bond acceptors (Lipinski definition) is 6. The largest absolute Gasteiger partial charge is 0.462 e. The maximum absolute atomic E-state index is 12.9. The van der Waals surface area contributed by atoms with E-state index in [2.05, 4.69) is 203 Å². The summed E-state index contributed by atoms with van der Waals surface area (Å²) in [6, 6.07) is 0. The SMILES string of the molecule is CC/C=C\C/C=C\C/C=C\C/C=C\C/C=C\C/C=C\C/C=C\CCCCCC(=O)OCC(COC(=O)CCCCCCC/C=C\C/C=C\C/C=C\CC)OC(=O)CC/C=C\C/C=C\C/C=C\C/C=C\C/C=C\C/C=C\CC. The van der Waals surface area contributed by atoms with Crippen LogP contribution in [-0.2, 0) is 28.6 Å². The van der Waals surface area contributed by atoms with Gasteiger partial charge in [0.25, 0.3) is 0 Å². The average molecular weight is 1060 g/mol. The number of carbonyl (C=O) groups excluding carboxylic acids is 3. The number of ether oxygens (including phenoxy) is 3. The van der Waals surface area contributed by atoms with Crippen LogP contribution in [0.4, 0.5) is 0 Å². The van der Waals surface area contributed by atoms with Crippen molar-refractivity contribution in [2.24, 2.45) is 0 Å². The predicted octanol–water partition coefficient (Wildman–Crippen LogP) is 20.6. The first-order chi connectivity index (χ1) is 38.0. The first-order valence-corrected chi connectivity index (χ1v) is 29.9. The summed E-state index contributed by atoms with van der Waals surface area (Å²) < 4.78 is 16.8. The Hall–Kier alpha value is -5.75. The number of esters is 3. The second-order valence-corrected chi connectivity index (χ2v) is 18.8. The molecule has 0 rings (SSSR count). The molecule has 0 aromatic heterocycles. The first-order valence-electron chi connectivity index (χ1n) is 29.9. The lowest BCUT2D eigenvalue weighted by Crippen LogP contribution is -2.30. The van der Waals surface area contributed by atoms with Gasteiger partial charge in [0.1, 0.15) is 13.2 Å². The van der Waals surface area contributed by atoms with Gasteiger partial charge in [-0.3, -0.25) is 14.4 Å². The van der Waals surface area contributed by atoms with Crippen molar-refractivity contribution in [3.63, 3.8) is 0 Å². The Morgan fingerprint density at radius 3 is 0.792 bits per heavy atom. The van der Waals surface area contributed by atoms with Crippen molar-refractivity contribution in [2.45, 2.75) is 219 Å². The molecule has 426 valence electrons. The van der Waals surface area contributed by atoms with Crippen LogP contribution in [0.5, 0.6) is 0 Å². The lowest BCUT2D eigenvalue weighted by molar-refractivity contribution is -0.166. The van der Waals surface area contributed by atoms with E-state index in [9.17, 15) is 14.4 Å². The van der Waals surface area contributed by atoms with E-state index in [1.807, 2.05) is 12.2 Å². The molecule has 0 N–H and O–H groups in total. The van der Waals surface area contributed by atoms with E-state index in [1.54, 1.807) is 0 Å². The molecule has 77 heavy (non-hydrogen) atoms. The van der Waals surface area contributed by atoms with Crippen molar-refractivity contribution in [3.05, 3.63) is 194 Å². The molecular formula is C71H106O6. The van der Waals surface area contributed by atoms with E-state index < -0.39 is 12.1 Å². The normalized spacial score (nSPS) is 13.5. The van der Waals surface area contributed by atoms with Gasteiger partial charge in [0.05, 0.1) is 0 Å². The minimum atomic E-state index is -0.853. The van der Waals surface area contributed by atoms with Crippen LogP contribution in [-0.4, -0.2) is 37.2 Å². The Labute approximate surface area is 471 Å². The highest BCUT2D eigenvalue weighted by Crippen LogP contribution is 2.11. The molecule has 0 amide bonds. The molecule has 1 atom stereocenters. The van der Waals surface area contributed by atoms with Crippen molar-refractivity contribution in [1.82, 2.24) is 0 Å². The van der Waals surface area contributed by atoms with Crippen molar-refractivity contribution < 1.29 is 28.6 Å². The molecule has 0 aromatic rings. The van der Waals surface area contributed by atoms with Gasteiger partial charge in [0.15, 0.2) is 6.10 Å². The van der Waals surface area contributed by atoms with Gasteiger partial charge in [0, 0.05) is 19.3 Å². The molecule has 0 heterocycles. The number of rotatable bonds is 51. The molecule has 0 saturated carbocycles. The smallest absolute Gasteiger partial charge is 0.306 e. The minimum absolute atomic E-state index is 0.139. The number of allylic oxidation sites excluding steroid dienone is 32. The quantitative estimate of drug-likeness (QED) is 0.0261. The van der Waals surface area contributed by atoms with Gasteiger partial charge in [-0.15, -0.1) is 0 Å². The standard InChI is InChI=1S/C71H106O6/c1-4-7-10-13-16-19-22-25-28-30-32-33-34-35-36-37-39-40-43-46-49-52-55-58-61-64-70(73)76-67-68(66-75-69(72)63-60-57-54-51-48-45-42-27-24-21-18-15-12-9-6-3)77-71(74)65-62-59-56-53-50-47-44-41-38-31-29-26-23-20-17-14-11-8-5-2/h7-12,16-21,25-29,32-33,35-36,38-42,46-47,49-50,56,59,68H,4-6,13-15,22-24,30-31,34,37,43-45,48,51-55,57-58,60-67H2,1-3H3/b10-7-,11-8-,12-9-,19-16-,20-17-,21-18-,28-25-,29-26-,33-32-,36-35-,40-39-,41-38-,42-27-,49-46-,50-47-,59-56-. The van der Waals surface area contributed by atoms with Crippen LogP contribution in [0.1, 0.15) is 213 Å². The summed E-state index contributed by atoms with van der Waals surface area (Å²) >= 11 is 0. The Bertz CT molecular complexity index is 1880. The summed E-state index contributed by atoms with van der Waals surface area (Å²) in [6.45, 7) is 6.17. The Balaban J connectivity index is 4.61. The number of hydrogen-bond donors (Lipinski definition) is 0. The Morgan fingerprint density at radius 2 is 0.494 bits per heavy atom. The second kappa shape index (κ2) is 62.8. The molecule has 0 aliphatic carbocycles.